The van der Waals surface area contributed by atoms with Crippen LogP contribution >= 0.6 is 15.9 Å². The predicted octanol–water partition coefficient (Wildman–Crippen LogP) is 3.28. The van der Waals surface area contributed by atoms with E-state index in [1.807, 2.05) is 38.1 Å². The van der Waals surface area contributed by atoms with Gasteiger partial charge in [0.05, 0.1) is 5.41 Å². The SMILES string of the molecule is C[C@H]1C(=O)O[C@H](c2ccc(Br)cc2)C(C)(C)C1=O. The van der Waals surface area contributed by atoms with E-state index >= 15 is 0 Å². The number of rotatable bonds is 1. The monoisotopic (exact) mass is 310 g/mol. The Labute approximate surface area is 115 Å². The summed E-state index contributed by atoms with van der Waals surface area (Å²) in [6, 6.07) is 7.49. The lowest BCUT2D eigenvalue weighted by molar-refractivity contribution is -0.177. The molecule has 0 aliphatic carbocycles. The molecule has 1 aliphatic heterocycles. The number of carbonyl (C=O) groups excluding carboxylic acids is 2. The Morgan fingerprint density at radius 3 is 2.28 bits per heavy atom. The fourth-order valence-electron chi connectivity index (χ4n) is 2.28. The molecule has 0 spiro atoms. The van der Waals surface area contributed by atoms with Crippen LogP contribution in [-0.4, -0.2) is 11.8 Å². The van der Waals surface area contributed by atoms with Gasteiger partial charge in [0.1, 0.15) is 12.0 Å². The molecule has 1 aromatic carbocycles. The Bertz CT molecular complexity index is 490. The van der Waals surface area contributed by atoms with Gasteiger partial charge in [-0.1, -0.05) is 28.1 Å². The zero-order valence-corrected chi connectivity index (χ0v) is 12.2. The van der Waals surface area contributed by atoms with Crippen LogP contribution in [0.25, 0.3) is 0 Å². The van der Waals surface area contributed by atoms with Crippen LogP contribution in [0.2, 0.25) is 0 Å². The summed E-state index contributed by atoms with van der Waals surface area (Å²) in [6.07, 6.45) is -0.512. The van der Waals surface area contributed by atoms with Crippen molar-refractivity contribution < 1.29 is 14.3 Å². The number of hydrogen-bond acceptors (Lipinski definition) is 3. The van der Waals surface area contributed by atoms with E-state index < -0.39 is 23.4 Å². The van der Waals surface area contributed by atoms with Crippen molar-refractivity contribution in [2.24, 2.45) is 11.3 Å². The molecule has 2 atom stereocenters. The average Bonchev–Trinajstić information content (AvgIpc) is 2.33. The van der Waals surface area contributed by atoms with E-state index in [0.717, 1.165) is 10.0 Å². The normalized spacial score (nSPS) is 26.9. The molecule has 1 saturated heterocycles. The van der Waals surface area contributed by atoms with Crippen molar-refractivity contribution in [3.8, 4) is 0 Å². The molecule has 1 aliphatic rings. The van der Waals surface area contributed by atoms with Crippen molar-refractivity contribution in [1.29, 1.82) is 0 Å². The molecule has 3 nitrogen and oxygen atoms in total. The maximum Gasteiger partial charge on any atom is 0.316 e. The second kappa shape index (κ2) is 4.50. The van der Waals surface area contributed by atoms with Gasteiger partial charge < -0.3 is 4.74 Å². The van der Waals surface area contributed by atoms with Gasteiger partial charge in [0, 0.05) is 4.47 Å². The number of ether oxygens (including phenoxy) is 1. The van der Waals surface area contributed by atoms with Gasteiger partial charge in [-0.25, -0.2) is 0 Å². The Kier molecular flexibility index (Phi) is 3.32. The molecule has 0 saturated carbocycles. The van der Waals surface area contributed by atoms with Crippen LogP contribution in [0, 0.1) is 11.3 Å². The van der Waals surface area contributed by atoms with Gasteiger partial charge in [0.25, 0.3) is 0 Å². The molecular weight excluding hydrogens is 296 g/mol. The first-order chi connectivity index (χ1) is 8.34. The maximum atomic E-state index is 12.2. The molecule has 0 bridgehead atoms. The van der Waals surface area contributed by atoms with Crippen LogP contribution in [0.1, 0.15) is 32.4 Å². The van der Waals surface area contributed by atoms with Gasteiger partial charge in [-0.3, -0.25) is 9.59 Å². The van der Waals surface area contributed by atoms with Crippen LogP contribution < -0.4 is 0 Å². The Morgan fingerprint density at radius 2 is 1.72 bits per heavy atom. The first-order valence-electron chi connectivity index (χ1n) is 5.84. The smallest absolute Gasteiger partial charge is 0.316 e. The van der Waals surface area contributed by atoms with E-state index in [0.29, 0.717) is 0 Å². The number of benzene rings is 1. The van der Waals surface area contributed by atoms with E-state index in [1.165, 1.54) is 0 Å². The average molecular weight is 311 g/mol. The highest BCUT2D eigenvalue weighted by Crippen LogP contribution is 2.43. The Morgan fingerprint density at radius 1 is 1.17 bits per heavy atom. The highest BCUT2D eigenvalue weighted by Gasteiger charge is 2.49. The second-order valence-corrected chi connectivity index (χ2v) is 6.09. The summed E-state index contributed by atoms with van der Waals surface area (Å²) >= 11 is 3.36. The Balaban J connectivity index is 2.40. The molecular formula is C14H15BrO3. The third kappa shape index (κ3) is 2.09. The molecule has 2 rings (SSSR count). The third-order valence-corrected chi connectivity index (χ3v) is 3.97. The number of Topliss-reactive ketones (excluding diaryl/α,β-unsaturated/α-hetero) is 1. The largest absolute Gasteiger partial charge is 0.456 e. The quantitative estimate of drug-likeness (QED) is 0.590. The standard InChI is InChI=1S/C14H15BrO3/c1-8-11(16)14(2,3)12(18-13(8)17)9-4-6-10(15)7-5-9/h4-8,12H,1-3H3/t8-,12-/m1/s1. The van der Waals surface area contributed by atoms with E-state index in [1.54, 1.807) is 6.92 Å². The summed E-state index contributed by atoms with van der Waals surface area (Å²) in [6.45, 7) is 5.25. The maximum absolute atomic E-state index is 12.2. The van der Waals surface area contributed by atoms with E-state index in [9.17, 15) is 9.59 Å². The van der Waals surface area contributed by atoms with Crippen molar-refractivity contribution in [2.45, 2.75) is 26.9 Å². The first kappa shape index (κ1) is 13.3. The Hall–Kier alpha value is -1.16. The predicted molar refractivity (Wildman–Crippen MR) is 70.9 cm³/mol. The van der Waals surface area contributed by atoms with Crippen molar-refractivity contribution in [3.63, 3.8) is 0 Å². The minimum Gasteiger partial charge on any atom is -0.456 e. The molecule has 1 fully saturated rings. The topological polar surface area (TPSA) is 43.4 Å². The van der Waals surface area contributed by atoms with Crippen LogP contribution in [0.4, 0.5) is 0 Å². The van der Waals surface area contributed by atoms with Gasteiger partial charge in [-0.2, -0.15) is 0 Å². The molecule has 1 aromatic rings. The molecule has 96 valence electrons. The van der Waals surface area contributed by atoms with Crippen molar-refractivity contribution in [1.82, 2.24) is 0 Å². The molecule has 4 heteroatoms. The zero-order valence-electron chi connectivity index (χ0n) is 10.6. The molecule has 0 N–H and O–H groups in total. The number of ketones is 1. The van der Waals surface area contributed by atoms with Crippen LogP contribution in [0.5, 0.6) is 0 Å². The number of hydrogen-bond donors (Lipinski definition) is 0. The van der Waals surface area contributed by atoms with Crippen molar-refractivity contribution in [2.75, 3.05) is 0 Å². The highest BCUT2D eigenvalue weighted by molar-refractivity contribution is 9.10. The minimum atomic E-state index is -0.693. The van der Waals surface area contributed by atoms with E-state index in [-0.39, 0.29) is 5.78 Å². The molecule has 1 heterocycles. The lowest BCUT2D eigenvalue weighted by atomic mass is 9.73. The fraction of sp³-hybridized carbons (Fsp3) is 0.429. The van der Waals surface area contributed by atoms with E-state index in [4.69, 9.17) is 4.74 Å². The molecule has 0 aromatic heterocycles. The van der Waals surface area contributed by atoms with Crippen LogP contribution in [0.15, 0.2) is 28.7 Å². The van der Waals surface area contributed by atoms with Crippen LogP contribution in [0.3, 0.4) is 0 Å². The molecule has 0 unspecified atom stereocenters. The summed E-state index contributed by atoms with van der Waals surface area (Å²) in [5.41, 5.74) is 0.151. The number of carbonyl (C=O) groups is 2. The number of cyclic esters (lactones) is 1. The van der Waals surface area contributed by atoms with E-state index in [2.05, 4.69) is 15.9 Å². The molecule has 18 heavy (non-hydrogen) atoms. The van der Waals surface area contributed by atoms with Gasteiger partial charge in [-0.15, -0.1) is 0 Å². The third-order valence-electron chi connectivity index (χ3n) is 3.44. The summed E-state index contributed by atoms with van der Waals surface area (Å²) in [5, 5.41) is 0. The summed E-state index contributed by atoms with van der Waals surface area (Å²) in [4.78, 5) is 23.9. The number of esters is 1. The second-order valence-electron chi connectivity index (χ2n) is 5.18. The van der Waals surface area contributed by atoms with Crippen LogP contribution in [-0.2, 0) is 14.3 Å². The molecule has 0 radical (unpaired) electrons. The van der Waals surface area contributed by atoms with Gasteiger partial charge >= 0.3 is 5.97 Å². The van der Waals surface area contributed by atoms with Gasteiger partial charge in [0.15, 0.2) is 5.78 Å². The summed E-state index contributed by atoms with van der Waals surface area (Å²) in [5.74, 6) is -1.18. The highest BCUT2D eigenvalue weighted by atomic mass is 79.9. The minimum absolute atomic E-state index is 0.0633. The number of halogens is 1. The van der Waals surface area contributed by atoms with Crippen molar-refractivity contribution >= 4 is 27.7 Å². The zero-order chi connectivity index (χ0) is 13.5. The van der Waals surface area contributed by atoms with Gasteiger partial charge in [-0.05, 0) is 38.5 Å². The van der Waals surface area contributed by atoms with Crippen molar-refractivity contribution in [3.05, 3.63) is 34.3 Å². The lowest BCUT2D eigenvalue weighted by Crippen LogP contribution is -2.46. The molecule has 0 amide bonds. The lowest BCUT2D eigenvalue weighted by Gasteiger charge is -2.39. The summed E-state index contributed by atoms with van der Waals surface area (Å²) < 4.78 is 6.39. The first-order valence-corrected chi connectivity index (χ1v) is 6.63. The summed E-state index contributed by atoms with van der Waals surface area (Å²) in [7, 11) is 0. The fourth-order valence-corrected chi connectivity index (χ4v) is 2.55. The van der Waals surface area contributed by atoms with Gasteiger partial charge in [0.2, 0.25) is 0 Å².